The molecule has 0 saturated carbocycles. The summed E-state index contributed by atoms with van der Waals surface area (Å²) in [6.07, 6.45) is 0.662. The topological polar surface area (TPSA) is 129 Å². The molecule has 0 radical (unpaired) electrons. The van der Waals surface area contributed by atoms with Gasteiger partial charge in [0.15, 0.2) is 5.41 Å². The molecule has 0 unspecified atom stereocenters. The fourth-order valence-corrected chi connectivity index (χ4v) is 6.77. The van der Waals surface area contributed by atoms with Crippen molar-refractivity contribution in [2.24, 2.45) is 11.3 Å². The van der Waals surface area contributed by atoms with E-state index in [-0.39, 0.29) is 34.7 Å². The molecule has 2 aromatic rings. The first kappa shape index (κ1) is 21.8. The van der Waals surface area contributed by atoms with Crippen LogP contribution in [0.25, 0.3) is 0 Å². The maximum Gasteiger partial charge on any atom is 0.332 e. The van der Waals surface area contributed by atoms with E-state index in [1.165, 1.54) is 32.3 Å². The monoisotopic (exact) mass is 478 g/mol. The van der Waals surface area contributed by atoms with Crippen molar-refractivity contribution >= 4 is 29.2 Å². The molecule has 6 rings (SSSR count). The van der Waals surface area contributed by atoms with Crippen molar-refractivity contribution < 1.29 is 19.6 Å². The summed E-state index contributed by atoms with van der Waals surface area (Å²) in [5.74, 6) is -1.41. The summed E-state index contributed by atoms with van der Waals surface area (Å²) in [5, 5.41) is 20.9. The van der Waals surface area contributed by atoms with E-state index in [0.717, 1.165) is 21.2 Å². The highest BCUT2D eigenvalue weighted by molar-refractivity contribution is 6.20. The summed E-state index contributed by atoms with van der Waals surface area (Å²) < 4.78 is 1.74. The van der Waals surface area contributed by atoms with E-state index in [4.69, 9.17) is 0 Å². The number of aromatic nitrogens is 1. The number of imide groups is 2. The van der Waals surface area contributed by atoms with Crippen LogP contribution in [0.5, 0.6) is 0 Å². The van der Waals surface area contributed by atoms with Crippen LogP contribution in [0.2, 0.25) is 0 Å². The minimum atomic E-state index is -1.64. The Labute approximate surface area is 200 Å². The fraction of sp³-hybridized carbons (Fsp3) is 0.417. The van der Waals surface area contributed by atoms with Gasteiger partial charge < -0.3 is 19.9 Å². The Hall–Kier alpha value is -3.70. The van der Waals surface area contributed by atoms with Gasteiger partial charge in [-0.2, -0.15) is 0 Å². The van der Waals surface area contributed by atoms with Gasteiger partial charge in [0, 0.05) is 50.6 Å². The van der Waals surface area contributed by atoms with Gasteiger partial charge in [-0.3, -0.25) is 29.4 Å². The van der Waals surface area contributed by atoms with Crippen molar-refractivity contribution in [2.75, 3.05) is 30.8 Å². The van der Waals surface area contributed by atoms with Crippen molar-refractivity contribution in [2.45, 2.75) is 31.3 Å². The van der Waals surface area contributed by atoms with Crippen LogP contribution in [-0.2, 0) is 22.6 Å². The van der Waals surface area contributed by atoms with Crippen molar-refractivity contribution in [1.29, 1.82) is 0 Å². The third-order valence-electron chi connectivity index (χ3n) is 8.18. The van der Waals surface area contributed by atoms with Crippen LogP contribution in [0.4, 0.5) is 16.2 Å². The number of carbonyl (C=O) groups is 3. The van der Waals surface area contributed by atoms with E-state index in [2.05, 4.69) is 0 Å². The minimum absolute atomic E-state index is 0.0139. The van der Waals surface area contributed by atoms with Crippen LogP contribution in [0.3, 0.4) is 0 Å². The Morgan fingerprint density at radius 3 is 2.43 bits per heavy atom. The standard InChI is InChI=1S/C24H24N5O6/c1-25-21(31)24(22(32)26(2)23(25)33)10-14-9-15(29(34)35)6-7-17(14)28-12-13-8-16(20(24)28)18-4-3-5-19(30)27(18)11-13/h3-7,9,13,16,20,34H,8,10-12H2,1-2H3/q-1/t13-,16-,20+/m1/s1. The zero-order valence-corrected chi connectivity index (χ0v) is 19.2. The number of amides is 4. The highest BCUT2D eigenvalue weighted by Crippen LogP contribution is 2.55. The zero-order valence-electron chi connectivity index (χ0n) is 19.2. The highest BCUT2D eigenvalue weighted by atomic mass is 16.8. The molecule has 4 amide bonds. The van der Waals surface area contributed by atoms with Gasteiger partial charge in [0.1, 0.15) is 0 Å². The van der Waals surface area contributed by atoms with Crippen LogP contribution in [0.15, 0.2) is 41.2 Å². The van der Waals surface area contributed by atoms with Crippen LogP contribution < -0.4 is 15.7 Å². The number of nitrogens with zero attached hydrogens (tertiary/aromatic N) is 5. The highest BCUT2D eigenvalue weighted by Gasteiger charge is 2.66. The maximum atomic E-state index is 13.9. The van der Waals surface area contributed by atoms with E-state index in [0.29, 0.717) is 25.1 Å². The second-order valence-electron chi connectivity index (χ2n) is 9.95. The lowest BCUT2D eigenvalue weighted by Gasteiger charge is -2.59. The van der Waals surface area contributed by atoms with E-state index in [9.17, 15) is 29.6 Å². The summed E-state index contributed by atoms with van der Waals surface area (Å²) >= 11 is 0. The molecule has 1 spiro atoms. The molecule has 4 aliphatic rings. The number of urea groups is 1. The lowest BCUT2D eigenvalue weighted by atomic mass is 9.60. The molecule has 1 aromatic carbocycles. The van der Waals surface area contributed by atoms with Crippen molar-refractivity contribution in [3.05, 3.63) is 63.2 Å². The molecule has 2 saturated heterocycles. The molecule has 1 N–H and O–H groups in total. The predicted molar refractivity (Wildman–Crippen MR) is 124 cm³/mol. The predicted octanol–water partition coefficient (Wildman–Crippen LogP) is 1.13. The number of barbiturate groups is 1. The molecule has 4 aliphatic heterocycles. The average Bonchev–Trinajstić information content (AvgIpc) is 2.85. The van der Waals surface area contributed by atoms with Gasteiger partial charge in [0.2, 0.25) is 11.8 Å². The van der Waals surface area contributed by atoms with Crippen LogP contribution in [0.1, 0.15) is 23.6 Å². The number of benzene rings is 1. The summed E-state index contributed by atoms with van der Waals surface area (Å²) in [5.41, 5.74) is 0.333. The van der Waals surface area contributed by atoms with E-state index in [1.807, 2.05) is 11.0 Å². The van der Waals surface area contributed by atoms with Gasteiger partial charge in [-0.05, 0) is 48.6 Å². The van der Waals surface area contributed by atoms with Crippen LogP contribution in [-0.4, -0.2) is 64.1 Å². The van der Waals surface area contributed by atoms with Gasteiger partial charge in [-0.15, -0.1) is 0 Å². The quantitative estimate of drug-likeness (QED) is 0.477. The van der Waals surface area contributed by atoms with Gasteiger partial charge in [0.25, 0.3) is 5.56 Å². The molecule has 11 nitrogen and oxygen atoms in total. The SMILES string of the molecule is CN1C(=O)N(C)C(=O)C2(Cc3cc(N([O-])O)ccc3N3C[C@@H]4C[C@H](c5cccc(=O)n5C4)[C@H]32)C1=O. The smallest absolute Gasteiger partial charge is 0.332 e. The van der Waals surface area contributed by atoms with E-state index < -0.39 is 29.3 Å². The third-order valence-corrected chi connectivity index (χ3v) is 8.18. The molecule has 0 aliphatic carbocycles. The van der Waals surface area contributed by atoms with Crippen molar-refractivity contribution in [3.8, 4) is 0 Å². The number of hydrogen-bond acceptors (Lipinski definition) is 8. The molecule has 3 atom stereocenters. The fourth-order valence-electron chi connectivity index (χ4n) is 6.77. The largest absolute Gasteiger partial charge is 0.733 e. The summed E-state index contributed by atoms with van der Waals surface area (Å²) in [6, 6.07) is 8.44. The van der Waals surface area contributed by atoms with Crippen molar-refractivity contribution in [3.63, 3.8) is 0 Å². The molecule has 5 heterocycles. The first-order valence-electron chi connectivity index (χ1n) is 11.5. The number of hydrogen-bond donors (Lipinski definition) is 1. The number of anilines is 2. The summed E-state index contributed by atoms with van der Waals surface area (Å²) in [6.45, 7) is 1.03. The van der Waals surface area contributed by atoms with E-state index in [1.54, 1.807) is 16.7 Å². The second-order valence-corrected chi connectivity index (χ2v) is 9.95. The van der Waals surface area contributed by atoms with Crippen LogP contribution >= 0.6 is 0 Å². The second kappa shape index (κ2) is 7.15. The Morgan fingerprint density at radius 1 is 1.03 bits per heavy atom. The molecule has 182 valence electrons. The van der Waals surface area contributed by atoms with Gasteiger partial charge >= 0.3 is 6.03 Å². The van der Waals surface area contributed by atoms with Gasteiger partial charge in [-0.1, -0.05) is 6.07 Å². The molecular formula is C24H24N5O6-. The Kier molecular flexibility index (Phi) is 4.46. The maximum absolute atomic E-state index is 13.9. The number of piperidine rings is 1. The lowest BCUT2D eigenvalue weighted by Crippen LogP contribution is -2.74. The van der Waals surface area contributed by atoms with Crippen molar-refractivity contribution in [1.82, 2.24) is 14.4 Å². The number of pyridine rings is 1. The molecule has 11 heteroatoms. The molecule has 2 bridgehead atoms. The van der Waals surface area contributed by atoms with Gasteiger partial charge in [-0.25, -0.2) is 4.79 Å². The first-order valence-corrected chi connectivity index (χ1v) is 11.5. The van der Waals surface area contributed by atoms with Crippen LogP contribution in [0, 0.1) is 16.5 Å². The average molecular weight is 478 g/mol. The molecule has 1 aromatic heterocycles. The molecule has 35 heavy (non-hydrogen) atoms. The Bertz CT molecular complexity index is 1330. The Balaban J connectivity index is 1.62. The molecule has 2 fully saturated rings. The summed E-state index contributed by atoms with van der Waals surface area (Å²) in [4.78, 5) is 57.2. The Morgan fingerprint density at radius 2 is 1.74 bits per heavy atom. The molecular weight excluding hydrogens is 454 g/mol. The third kappa shape index (κ3) is 2.73. The number of carbonyl (C=O) groups excluding carboxylic acids is 3. The lowest BCUT2D eigenvalue weighted by molar-refractivity contribution is -0.160. The first-order chi connectivity index (χ1) is 16.6. The number of rotatable bonds is 1. The minimum Gasteiger partial charge on any atom is -0.733 e. The zero-order chi connectivity index (χ0) is 24.8. The van der Waals surface area contributed by atoms with Gasteiger partial charge in [0.05, 0.1) is 11.7 Å². The number of fused-ring (bicyclic) bond motifs is 9. The normalized spacial score (nSPS) is 26.5. The van der Waals surface area contributed by atoms with E-state index >= 15 is 0 Å². The summed E-state index contributed by atoms with van der Waals surface area (Å²) in [7, 11) is 2.73.